The lowest BCUT2D eigenvalue weighted by molar-refractivity contribution is -0.120. The number of benzene rings is 3. The highest BCUT2D eigenvalue weighted by Gasteiger charge is 2.30. The smallest absolute Gasteiger partial charge is 0.236 e. The van der Waals surface area contributed by atoms with E-state index in [4.69, 9.17) is 16.3 Å². The summed E-state index contributed by atoms with van der Waals surface area (Å²) in [5.74, 6) is 0.521. The summed E-state index contributed by atoms with van der Waals surface area (Å²) in [7, 11) is -3.55. The molecule has 34 heavy (non-hydrogen) atoms. The molecule has 0 atom stereocenters. The van der Waals surface area contributed by atoms with E-state index in [2.05, 4.69) is 5.32 Å². The summed E-state index contributed by atoms with van der Waals surface area (Å²) in [6.45, 7) is 0.578. The molecule has 1 saturated heterocycles. The molecule has 0 aliphatic carbocycles. The van der Waals surface area contributed by atoms with E-state index in [-0.39, 0.29) is 24.9 Å². The fourth-order valence-corrected chi connectivity index (χ4v) is 5.12. The molecule has 1 aliphatic rings. The highest BCUT2D eigenvalue weighted by atomic mass is 35.5. The van der Waals surface area contributed by atoms with Gasteiger partial charge in [0.15, 0.2) is 5.75 Å². The van der Waals surface area contributed by atoms with Crippen LogP contribution in [0.3, 0.4) is 0 Å². The van der Waals surface area contributed by atoms with Crippen molar-refractivity contribution in [2.45, 2.75) is 12.8 Å². The lowest BCUT2D eigenvalue weighted by Crippen LogP contribution is -2.40. The zero-order valence-corrected chi connectivity index (χ0v) is 20.0. The van der Waals surface area contributed by atoms with Crippen LogP contribution in [0.5, 0.6) is 11.5 Å². The van der Waals surface area contributed by atoms with Gasteiger partial charge in [0.05, 0.1) is 10.7 Å². The van der Waals surface area contributed by atoms with Crippen LogP contribution in [0, 0.1) is 5.92 Å². The van der Waals surface area contributed by atoms with Gasteiger partial charge in [-0.25, -0.2) is 8.42 Å². The molecule has 1 amide bonds. The number of nitrogens with zero attached hydrogens (tertiary/aromatic N) is 1. The minimum absolute atomic E-state index is 0.160. The molecule has 1 heterocycles. The van der Waals surface area contributed by atoms with Gasteiger partial charge in [0.25, 0.3) is 0 Å². The first kappa shape index (κ1) is 24.0. The maximum absolute atomic E-state index is 12.9. The van der Waals surface area contributed by atoms with E-state index >= 15 is 0 Å². The first-order valence-corrected chi connectivity index (χ1v) is 12.9. The third kappa shape index (κ3) is 6.05. The van der Waals surface area contributed by atoms with E-state index in [1.54, 1.807) is 30.3 Å². The zero-order valence-electron chi connectivity index (χ0n) is 18.4. The maximum atomic E-state index is 12.9. The molecule has 1 aliphatic heterocycles. The van der Waals surface area contributed by atoms with Crippen LogP contribution in [-0.2, 0) is 14.8 Å². The summed E-state index contributed by atoms with van der Waals surface area (Å²) in [6, 6.07) is 23.5. The molecule has 176 valence electrons. The second-order valence-electron chi connectivity index (χ2n) is 7.95. The number of carbonyl (C=O) groups excluding carboxylic acids is 1. The van der Waals surface area contributed by atoms with E-state index in [0.717, 1.165) is 5.56 Å². The molecule has 3 aromatic rings. The topological polar surface area (TPSA) is 75.7 Å². The molecule has 0 bridgehead atoms. The third-order valence-corrected chi connectivity index (χ3v) is 7.50. The highest BCUT2D eigenvalue weighted by molar-refractivity contribution is 7.92. The van der Waals surface area contributed by atoms with Crippen LogP contribution in [0.4, 0.5) is 5.69 Å². The van der Waals surface area contributed by atoms with Gasteiger partial charge in [0, 0.05) is 24.4 Å². The van der Waals surface area contributed by atoms with Gasteiger partial charge in [-0.2, -0.15) is 4.31 Å². The minimum Gasteiger partial charge on any atom is -0.454 e. The van der Waals surface area contributed by atoms with Crippen molar-refractivity contribution in [1.82, 2.24) is 4.31 Å². The largest absolute Gasteiger partial charge is 0.454 e. The van der Waals surface area contributed by atoms with Gasteiger partial charge in [0.1, 0.15) is 5.75 Å². The number of amides is 1. The Kier molecular flexibility index (Phi) is 7.67. The molecule has 0 aromatic heterocycles. The lowest BCUT2D eigenvalue weighted by atomic mass is 9.97. The Bertz CT molecular complexity index is 1270. The third-order valence-electron chi connectivity index (χ3n) is 5.62. The van der Waals surface area contributed by atoms with Crippen LogP contribution in [0.1, 0.15) is 18.4 Å². The highest BCUT2D eigenvalue weighted by Crippen LogP contribution is 2.34. The van der Waals surface area contributed by atoms with Crippen molar-refractivity contribution in [1.29, 1.82) is 0 Å². The number of nitrogens with one attached hydrogen (secondary N) is 1. The van der Waals surface area contributed by atoms with Gasteiger partial charge in [-0.05, 0) is 48.7 Å². The Labute approximate surface area is 204 Å². The normalized spacial score (nSPS) is 15.3. The van der Waals surface area contributed by atoms with Crippen molar-refractivity contribution < 1.29 is 17.9 Å². The number of anilines is 1. The Hall–Kier alpha value is -3.13. The summed E-state index contributed by atoms with van der Waals surface area (Å²) in [4.78, 5) is 12.9. The molecule has 8 heteroatoms. The molecular formula is C26H25ClN2O4S. The number of hydrogen-bond acceptors (Lipinski definition) is 4. The van der Waals surface area contributed by atoms with Gasteiger partial charge < -0.3 is 10.1 Å². The van der Waals surface area contributed by atoms with Crippen molar-refractivity contribution >= 4 is 39.3 Å². The minimum atomic E-state index is -3.55. The van der Waals surface area contributed by atoms with Gasteiger partial charge in [0.2, 0.25) is 15.9 Å². The zero-order chi connectivity index (χ0) is 24.0. The Morgan fingerprint density at radius 2 is 1.53 bits per heavy atom. The van der Waals surface area contributed by atoms with Gasteiger partial charge in [-0.3, -0.25) is 4.79 Å². The lowest BCUT2D eigenvalue weighted by Gasteiger charge is -2.29. The molecule has 4 rings (SSSR count). The maximum Gasteiger partial charge on any atom is 0.236 e. The average Bonchev–Trinajstić information content (AvgIpc) is 2.86. The first-order valence-electron chi connectivity index (χ1n) is 11.0. The number of halogens is 1. The summed E-state index contributed by atoms with van der Waals surface area (Å²) in [5.41, 5.74) is 1.35. The molecule has 1 fully saturated rings. The summed E-state index contributed by atoms with van der Waals surface area (Å²) >= 11 is 6.19. The Morgan fingerprint density at radius 1 is 0.912 bits per heavy atom. The number of rotatable bonds is 7. The number of para-hydroxylation sites is 3. The number of ether oxygens (including phenoxy) is 1. The van der Waals surface area contributed by atoms with Gasteiger partial charge in [-0.15, -0.1) is 0 Å². The van der Waals surface area contributed by atoms with Crippen molar-refractivity contribution in [2.24, 2.45) is 5.92 Å². The van der Waals surface area contributed by atoms with Crippen LogP contribution >= 0.6 is 11.6 Å². The Morgan fingerprint density at radius 3 is 2.24 bits per heavy atom. The number of piperidine rings is 1. The average molecular weight is 497 g/mol. The fraction of sp³-hybridized carbons (Fsp3) is 0.192. The van der Waals surface area contributed by atoms with E-state index in [9.17, 15) is 13.2 Å². The standard InChI is InChI=1S/C26H25ClN2O4S/c27-22-10-4-6-12-24(22)33-25-13-7-5-11-23(25)28-26(30)21-14-17-29(18-15-21)34(31,32)19-16-20-8-2-1-3-9-20/h1-13,16,19,21H,14-15,17-18H2,(H,28,30)/b19-16+. The van der Waals surface area contributed by atoms with Gasteiger partial charge in [-0.1, -0.05) is 66.2 Å². The quantitative estimate of drug-likeness (QED) is 0.449. The van der Waals surface area contributed by atoms with Crippen LogP contribution in [-0.4, -0.2) is 31.7 Å². The molecule has 0 unspecified atom stereocenters. The monoisotopic (exact) mass is 496 g/mol. The second kappa shape index (κ2) is 10.9. The van der Waals surface area contributed by atoms with Crippen molar-refractivity contribution in [3.8, 4) is 11.5 Å². The van der Waals surface area contributed by atoms with Crippen molar-refractivity contribution in [3.63, 3.8) is 0 Å². The predicted octanol–water partition coefficient (Wildman–Crippen LogP) is 5.78. The van der Waals surface area contributed by atoms with Crippen molar-refractivity contribution in [3.05, 3.63) is 94.9 Å². The summed E-state index contributed by atoms with van der Waals surface area (Å²) < 4.78 is 32.7. The molecule has 0 saturated carbocycles. The second-order valence-corrected chi connectivity index (χ2v) is 10.2. The van der Waals surface area contributed by atoms with E-state index in [1.165, 1.54) is 9.71 Å². The molecule has 1 N–H and O–H groups in total. The predicted molar refractivity (Wildman–Crippen MR) is 135 cm³/mol. The van der Waals surface area contributed by atoms with Crippen LogP contribution in [0.2, 0.25) is 5.02 Å². The first-order chi connectivity index (χ1) is 16.4. The van der Waals surface area contributed by atoms with E-state index in [1.807, 2.05) is 54.6 Å². The molecule has 0 radical (unpaired) electrons. The molecule has 0 spiro atoms. The number of sulfonamides is 1. The summed E-state index contributed by atoms with van der Waals surface area (Å²) in [6.07, 6.45) is 2.47. The van der Waals surface area contributed by atoms with Crippen LogP contribution in [0.25, 0.3) is 6.08 Å². The van der Waals surface area contributed by atoms with Crippen LogP contribution in [0.15, 0.2) is 84.3 Å². The fourth-order valence-electron chi connectivity index (χ4n) is 3.73. The number of hydrogen-bond donors (Lipinski definition) is 1. The number of carbonyl (C=O) groups is 1. The SMILES string of the molecule is O=C(Nc1ccccc1Oc1ccccc1Cl)C1CCN(S(=O)(=O)/C=C/c2ccccc2)CC1. The van der Waals surface area contributed by atoms with E-state index in [0.29, 0.717) is 35.1 Å². The summed E-state index contributed by atoms with van der Waals surface area (Å²) in [5, 5.41) is 4.63. The molecular weight excluding hydrogens is 472 g/mol. The molecule has 6 nitrogen and oxygen atoms in total. The Balaban J connectivity index is 1.36. The van der Waals surface area contributed by atoms with Crippen LogP contribution < -0.4 is 10.1 Å². The van der Waals surface area contributed by atoms with Gasteiger partial charge >= 0.3 is 0 Å². The van der Waals surface area contributed by atoms with Crippen molar-refractivity contribution in [2.75, 3.05) is 18.4 Å². The molecule has 3 aromatic carbocycles. The van der Waals surface area contributed by atoms with E-state index < -0.39 is 10.0 Å².